The molecule has 0 aliphatic carbocycles. The Labute approximate surface area is 188 Å². The maximum atomic E-state index is 10.9. The van der Waals surface area contributed by atoms with E-state index >= 15 is 0 Å². The summed E-state index contributed by atoms with van der Waals surface area (Å²) in [4.78, 5) is 25.9. The topological polar surface area (TPSA) is 140 Å². The zero-order valence-electron chi connectivity index (χ0n) is 17.5. The van der Waals surface area contributed by atoms with Crippen LogP contribution in [0.4, 0.5) is 29.2 Å². The van der Waals surface area contributed by atoms with Crippen LogP contribution in [0, 0.1) is 10.1 Å². The van der Waals surface area contributed by atoms with Crippen molar-refractivity contribution in [2.24, 2.45) is 5.10 Å². The van der Waals surface area contributed by atoms with E-state index in [2.05, 4.69) is 35.7 Å². The van der Waals surface area contributed by atoms with E-state index in [1.165, 1.54) is 12.1 Å². The SMILES string of the molecule is O=[N+]([O-])c1ccc(Nc2nc(N/N=C\c3ccc4c(c3)OCO4)nc(N3CCCC3)n2)cc1. The zero-order valence-corrected chi connectivity index (χ0v) is 17.5. The third-order valence-electron chi connectivity index (χ3n) is 5.12. The van der Waals surface area contributed by atoms with Crippen LogP contribution in [0.15, 0.2) is 47.6 Å². The number of anilines is 4. The van der Waals surface area contributed by atoms with Gasteiger partial charge in [-0.1, -0.05) is 0 Å². The fourth-order valence-electron chi connectivity index (χ4n) is 3.48. The maximum Gasteiger partial charge on any atom is 0.269 e. The summed E-state index contributed by atoms with van der Waals surface area (Å²) in [7, 11) is 0. The molecule has 0 saturated carbocycles. The smallest absolute Gasteiger partial charge is 0.269 e. The summed E-state index contributed by atoms with van der Waals surface area (Å²) < 4.78 is 10.7. The highest BCUT2D eigenvalue weighted by Crippen LogP contribution is 2.32. The van der Waals surface area contributed by atoms with Crippen LogP contribution in [0.2, 0.25) is 0 Å². The predicted molar refractivity (Wildman–Crippen MR) is 121 cm³/mol. The van der Waals surface area contributed by atoms with E-state index in [1.807, 2.05) is 18.2 Å². The van der Waals surface area contributed by atoms with Crippen LogP contribution in [0.3, 0.4) is 0 Å². The van der Waals surface area contributed by atoms with Crippen molar-refractivity contribution < 1.29 is 14.4 Å². The van der Waals surface area contributed by atoms with Gasteiger partial charge in [-0.3, -0.25) is 10.1 Å². The van der Waals surface area contributed by atoms with E-state index in [1.54, 1.807) is 18.3 Å². The maximum absolute atomic E-state index is 10.9. The van der Waals surface area contributed by atoms with E-state index in [0.29, 0.717) is 29.1 Å². The molecule has 0 spiro atoms. The standard InChI is InChI=1S/C21H20N8O4/c30-29(31)16-6-4-15(5-7-16)23-19-24-20(26-21(25-19)28-9-1-2-10-28)27-22-12-14-3-8-17-18(11-14)33-13-32-17/h3-8,11-12H,1-2,9-10,13H2,(H2,23,24,25,26,27)/b22-12-. The van der Waals surface area contributed by atoms with Crippen molar-refractivity contribution in [3.05, 3.63) is 58.1 Å². The van der Waals surface area contributed by atoms with Crippen molar-refractivity contribution in [2.75, 3.05) is 35.5 Å². The number of hydrazone groups is 1. The molecule has 168 valence electrons. The second-order valence-corrected chi connectivity index (χ2v) is 7.39. The van der Waals surface area contributed by atoms with Gasteiger partial charge >= 0.3 is 0 Å². The predicted octanol–water partition coefficient (Wildman–Crippen LogP) is 3.30. The van der Waals surface area contributed by atoms with Gasteiger partial charge in [0.1, 0.15) is 0 Å². The monoisotopic (exact) mass is 448 g/mol. The number of benzene rings is 2. The first-order chi connectivity index (χ1) is 16.1. The number of nitro groups is 1. The quantitative estimate of drug-likeness (QED) is 0.314. The minimum absolute atomic E-state index is 0.00848. The molecule has 2 aliphatic heterocycles. The molecule has 2 aromatic carbocycles. The van der Waals surface area contributed by atoms with Crippen molar-refractivity contribution >= 4 is 35.4 Å². The largest absolute Gasteiger partial charge is 0.454 e. The van der Waals surface area contributed by atoms with Crippen LogP contribution in [0.1, 0.15) is 18.4 Å². The van der Waals surface area contributed by atoms with Gasteiger partial charge in [-0.25, -0.2) is 5.43 Å². The van der Waals surface area contributed by atoms with E-state index in [4.69, 9.17) is 9.47 Å². The number of hydrogen-bond donors (Lipinski definition) is 2. The van der Waals surface area contributed by atoms with Crippen LogP contribution in [0.5, 0.6) is 11.5 Å². The number of nitro benzene ring substituents is 1. The van der Waals surface area contributed by atoms with Gasteiger partial charge in [0.05, 0.1) is 11.1 Å². The van der Waals surface area contributed by atoms with Crippen molar-refractivity contribution in [2.45, 2.75) is 12.8 Å². The number of aromatic nitrogens is 3. The normalized spacial score (nSPS) is 14.6. The van der Waals surface area contributed by atoms with Gasteiger partial charge in [-0.2, -0.15) is 20.1 Å². The second-order valence-electron chi connectivity index (χ2n) is 7.39. The van der Waals surface area contributed by atoms with Crippen molar-refractivity contribution in [3.8, 4) is 11.5 Å². The number of nitrogens with one attached hydrogen (secondary N) is 2. The Morgan fingerprint density at radius 1 is 1.00 bits per heavy atom. The molecular formula is C21H20N8O4. The number of rotatable bonds is 7. The lowest BCUT2D eigenvalue weighted by Crippen LogP contribution is -2.21. The minimum atomic E-state index is -0.446. The van der Waals surface area contributed by atoms with Gasteiger partial charge in [0.15, 0.2) is 11.5 Å². The Kier molecular flexibility index (Phi) is 5.54. The summed E-state index contributed by atoms with van der Waals surface area (Å²) >= 11 is 0. The van der Waals surface area contributed by atoms with Gasteiger partial charge < -0.3 is 19.7 Å². The number of non-ortho nitro benzene ring substituents is 1. The molecule has 0 amide bonds. The molecule has 0 unspecified atom stereocenters. The number of hydrogen-bond acceptors (Lipinski definition) is 11. The van der Waals surface area contributed by atoms with Crippen LogP contribution < -0.4 is 25.1 Å². The molecule has 1 aromatic heterocycles. The molecular weight excluding hydrogens is 428 g/mol. The first-order valence-electron chi connectivity index (χ1n) is 10.4. The molecule has 1 fully saturated rings. The summed E-state index contributed by atoms with van der Waals surface area (Å²) in [5, 5.41) is 18.2. The molecule has 12 heteroatoms. The van der Waals surface area contributed by atoms with Gasteiger partial charge in [0.2, 0.25) is 24.6 Å². The van der Waals surface area contributed by atoms with Crippen molar-refractivity contribution in [3.63, 3.8) is 0 Å². The lowest BCUT2D eigenvalue weighted by Gasteiger charge is -2.16. The van der Waals surface area contributed by atoms with E-state index in [-0.39, 0.29) is 18.4 Å². The Morgan fingerprint density at radius 3 is 2.55 bits per heavy atom. The molecule has 2 N–H and O–H groups in total. The summed E-state index contributed by atoms with van der Waals surface area (Å²) in [5.41, 5.74) is 4.31. The van der Waals surface area contributed by atoms with Crippen molar-refractivity contribution in [1.82, 2.24) is 15.0 Å². The highest BCUT2D eigenvalue weighted by molar-refractivity contribution is 5.81. The van der Waals surface area contributed by atoms with Gasteiger partial charge in [-0.05, 0) is 48.7 Å². The fraction of sp³-hybridized carbons (Fsp3) is 0.238. The summed E-state index contributed by atoms with van der Waals surface area (Å²) in [6, 6.07) is 11.6. The Balaban J connectivity index is 1.35. The molecule has 0 atom stereocenters. The number of ether oxygens (including phenoxy) is 2. The van der Waals surface area contributed by atoms with E-state index < -0.39 is 4.92 Å². The van der Waals surface area contributed by atoms with Crippen LogP contribution in [0.25, 0.3) is 0 Å². The summed E-state index contributed by atoms with van der Waals surface area (Å²) in [6.07, 6.45) is 3.77. The molecule has 5 rings (SSSR count). The molecule has 0 radical (unpaired) electrons. The molecule has 0 bridgehead atoms. The van der Waals surface area contributed by atoms with Crippen LogP contribution in [-0.2, 0) is 0 Å². The summed E-state index contributed by atoms with van der Waals surface area (Å²) in [5.74, 6) is 2.49. The third-order valence-corrected chi connectivity index (χ3v) is 5.12. The number of fused-ring (bicyclic) bond motifs is 1. The van der Waals surface area contributed by atoms with Gasteiger partial charge in [-0.15, -0.1) is 0 Å². The van der Waals surface area contributed by atoms with Crippen LogP contribution >= 0.6 is 0 Å². The Hall–Kier alpha value is -4.48. The minimum Gasteiger partial charge on any atom is -0.454 e. The zero-order chi connectivity index (χ0) is 22.6. The Morgan fingerprint density at radius 2 is 1.76 bits per heavy atom. The van der Waals surface area contributed by atoms with E-state index in [9.17, 15) is 10.1 Å². The third kappa shape index (κ3) is 4.74. The highest BCUT2D eigenvalue weighted by Gasteiger charge is 2.18. The van der Waals surface area contributed by atoms with Crippen molar-refractivity contribution in [1.29, 1.82) is 0 Å². The van der Waals surface area contributed by atoms with E-state index in [0.717, 1.165) is 31.5 Å². The first kappa shape index (κ1) is 20.4. The molecule has 12 nitrogen and oxygen atoms in total. The fourth-order valence-corrected chi connectivity index (χ4v) is 3.48. The average Bonchev–Trinajstić information content (AvgIpc) is 3.51. The Bertz CT molecular complexity index is 1200. The first-order valence-corrected chi connectivity index (χ1v) is 10.4. The molecule has 3 heterocycles. The molecule has 1 saturated heterocycles. The molecule has 33 heavy (non-hydrogen) atoms. The molecule has 2 aliphatic rings. The summed E-state index contributed by atoms with van der Waals surface area (Å²) in [6.45, 7) is 1.94. The highest BCUT2D eigenvalue weighted by atomic mass is 16.7. The lowest BCUT2D eigenvalue weighted by molar-refractivity contribution is -0.384. The molecule has 3 aromatic rings. The number of nitrogens with zero attached hydrogens (tertiary/aromatic N) is 6. The van der Waals surface area contributed by atoms with Gasteiger partial charge in [0, 0.05) is 30.9 Å². The second kappa shape index (κ2) is 8.94. The van der Waals surface area contributed by atoms with Crippen LogP contribution in [-0.4, -0.2) is 46.0 Å². The van der Waals surface area contributed by atoms with Gasteiger partial charge in [0.25, 0.3) is 5.69 Å². The lowest BCUT2D eigenvalue weighted by atomic mass is 10.2. The average molecular weight is 448 g/mol.